The first kappa shape index (κ1) is 16.9. The normalized spacial score (nSPS) is 11.1. The highest BCUT2D eigenvalue weighted by atomic mass is 35.5. The van der Waals surface area contributed by atoms with E-state index in [2.05, 4.69) is 15.3 Å². The Morgan fingerprint density at radius 2 is 1.65 bits per heavy atom. The van der Waals surface area contributed by atoms with Gasteiger partial charge in [-0.1, -0.05) is 29.8 Å². The Bertz CT molecular complexity index is 1090. The number of aryl methyl sites for hydroxylation is 2. The molecule has 0 radical (unpaired) electrons. The molecule has 2 aromatic carbocycles. The summed E-state index contributed by atoms with van der Waals surface area (Å²) in [6.07, 6.45) is 0. The van der Waals surface area contributed by atoms with Gasteiger partial charge >= 0.3 is 0 Å². The van der Waals surface area contributed by atoms with E-state index in [9.17, 15) is 4.39 Å². The molecule has 0 fully saturated rings. The number of rotatable bonds is 3. The maximum Gasteiger partial charge on any atom is 0.225 e. The van der Waals surface area contributed by atoms with E-state index in [-0.39, 0.29) is 11.1 Å². The number of halogens is 2. The topological polar surface area (TPSA) is 37.8 Å². The zero-order valence-electron chi connectivity index (χ0n) is 14.2. The summed E-state index contributed by atoms with van der Waals surface area (Å²) >= 11 is 7.69. The highest BCUT2D eigenvalue weighted by molar-refractivity contribution is 7.19. The summed E-state index contributed by atoms with van der Waals surface area (Å²) < 4.78 is 13.3. The summed E-state index contributed by atoms with van der Waals surface area (Å²) in [6, 6.07) is 14.5. The van der Waals surface area contributed by atoms with Crippen LogP contribution in [0.15, 0.2) is 48.5 Å². The molecule has 0 atom stereocenters. The Morgan fingerprint density at radius 3 is 2.35 bits per heavy atom. The fourth-order valence-corrected chi connectivity index (χ4v) is 4.18. The second-order valence-corrected chi connectivity index (χ2v) is 7.59. The van der Waals surface area contributed by atoms with Crippen LogP contribution >= 0.6 is 22.9 Å². The molecule has 0 aliphatic carbocycles. The maximum absolute atomic E-state index is 13.3. The van der Waals surface area contributed by atoms with Crippen molar-refractivity contribution < 1.29 is 4.39 Å². The van der Waals surface area contributed by atoms with Crippen LogP contribution in [0.4, 0.5) is 15.9 Å². The second-order valence-electron chi connectivity index (χ2n) is 6.05. The van der Waals surface area contributed by atoms with Gasteiger partial charge < -0.3 is 5.32 Å². The molecule has 1 N–H and O–H groups in total. The summed E-state index contributed by atoms with van der Waals surface area (Å²) in [5.41, 5.74) is 4.02. The van der Waals surface area contributed by atoms with Gasteiger partial charge in [-0.25, -0.2) is 9.37 Å². The Morgan fingerprint density at radius 1 is 0.962 bits per heavy atom. The third-order valence-corrected chi connectivity index (χ3v) is 5.32. The van der Waals surface area contributed by atoms with Crippen LogP contribution < -0.4 is 5.32 Å². The Balaban J connectivity index is 1.91. The van der Waals surface area contributed by atoms with E-state index in [1.807, 2.05) is 38.1 Å². The molecular weight excluding hydrogens is 369 g/mol. The lowest BCUT2D eigenvalue weighted by molar-refractivity contribution is 0.628. The summed E-state index contributed by atoms with van der Waals surface area (Å²) in [5.74, 6) is 0.385. The van der Waals surface area contributed by atoms with Crippen molar-refractivity contribution in [1.82, 2.24) is 9.97 Å². The molecule has 0 unspecified atom stereocenters. The number of hydrogen-bond donors (Lipinski definition) is 1. The van der Waals surface area contributed by atoms with Gasteiger partial charge in [0.2, 0.25) is 5.28 Å². The zero-order chi connectivity index (χ0) is 18.3. The lowest BCUT2D eigenvalue weighted by Gasteiger charge is -2.10. The van der Waals surface area contributed by atoms with Gasteiger partial charge in [0, 0.05) is 16.1 Å². The van der Waals surface area contributed by atoms with Crippen molar-refractivity contribution in [2.75, 3.05) is 5.32 Å². The van der Waals surface area contributed by atoms with E-state index in [0.717, 1.165) is 31.9 Å². The quantitative estimate of drug-likeness (QED) is 0.410. The first-order chi connectivity index (χ1) is 12.5. The molecule has 4 rings (SSSR count). The number of nitrogens with one attached hydrogen (secondary N) is 1. The van der Waals surface area contributed by atoms with Gasteiger partial charge in [-0.05, 0) is 55.3 Å². The molecule has 3 nitrogen and oxygen atoms in total. The van der Waals surface area contributed by atoms with Crippen LogP contribution in [-0.2, 0) is 0 Å². The first-order valence-corrected chi connectivity index (χ1v) is 9.27. The molecular formula is C20H15ClFN3S. The highest BCUT2D eigenvalue weighted by Crippen LogP contribution is 2.41. The van der Waals surface area contributed by atoms with Crippen LogP contribution in [0.25, 0.3) is 21.3 Å². The molecule has 0 amide bonds. The molecule has 2 aromatic heterocycles. The van der Waals surface area contributed by atoms with Gasteiger partial charge in [-0.2, -0.15) is 4.98 Å². The molecule has 4 aromatic rings. The SMILES string of the molecule is Cc1ccc(Nc2nc(Cl)nc3sc(C)c(-c4ccc(F)cc4)c23)cc1. The Hall–Kier alpha value is -2.50. The van der Waals surface area contributed by atoms with Crippen LogP contribution in [0.2, 0.25) is 5.28 Å². The fraction of sp³-hybridized carbons (Fsp3) is 0.100. The summed E-state index contributed by atoms with van der Waals surface area (Å²) in [4.78, 5) is 10.7. The lowest BCUT2D eigenvalue weighted by Crippen LogP contribution is -1.97. The van der Waals surface area contributed by atoms with Crippen LogP contribution in [0, 0.1) is 19.7 Å². The number of thiophene rings is 1. The van der Waals surface area contributed by atoms with Crippen LogP contribution in [0.5, 0.6) is 0 Å². The van der Waals surface area contributed by atoms with E-state index in [0.29, 0.717) is 5.82 Å². The molecule has 26 heavy (non-hydrogen) atoms. The third-order valence-electron chi connectivity index (χ3n) is 4.15. The van der Waals surface area contributed by atoms with Crippen molar-refractivity contribution >= 4 is 44.7 Å². The average Bonchev–Trinajstić information content (AvgIpc) is 2.93. The maximum atomic E-state index is 13.3. The highest BCUT2D eigenvalue weighted by Gasteiger charge is 2.18. The molecule has 130 valence electrons. The monoisotopic (exact) mass is 383 g/mol. The number of fused-ring (bicyclic) bond motifs is 1. The molecule has 0 aliphatic heterocycles. The third kappa shape index (κ3) is 3.16. The number of aromatic nitrogens is 2. The predicted molar refractivity (Wildman–Crippen MR) is 107 cm³/mol. The van der Waals surface area contributed by atoms with Crippen LogP contribution in [-0.4, -0.2) is 9.97 Å². The Kier molecular flexibility index (Phi) is 4.34. The standard InChI is InChI=1S/C20H15ClFN3S/c1-11-3-9-15(10-4-11)23-18-17-16(13-5-7-14(22)8-6-13)12(2)26-19(17)25-20(21)24-18/h3-10H,1-2H3,(H,23,24,25). The van der Waals surface area contributed by atoms with Gasteiger partial charge in [0.05, 0.1) is 5.39 Å². The summed E-state index contributed by atoms with van der Waals surface area (Å²) in [6.45, 7) is 4.06. The molecule has 6 heteroatoms. The van der Waals surface area contributed by atoms with E-state index < -0.39 is 0 Å². The van der Waals surface area contributed by atoms with E-state index >= 15 is 0 Å². The lowest BCUT2D eigenvalue weighted by atomic mass is 10.0. The molecule has 0 bridgehead atoms. The minimum Gasteiger partial charge on any atom is -0.340 e. The smallest absolute Gasteiger partial charge is 0.225 e. The van der Waals surface area contributed by atoms with Crippen molar-refractivity contribution in [3.8, 4) is 11.1 Å². The number of anilines is 2. The summed E-state index contributed by atoms with van der Waals surface area (Å²) in [5, 5.41) is 4.43. The van der Waals surface area contributed by atoms with Crippen LogP contribution in [0.3, 0.4) is 0 Å². The minimum absolute atomic E-state index is 0.194. The Labute approximate surface area is 159 Å². The minimum atomic E-state index is -0.261. The van der Waals surface area contributed by atoms with Gasteiger partial charge in [-0.3, -0.25) is 0 Å². The molecule has 0 spiro atoms. The van der Waals surface area contributed by atoms with E-state index in [1.165, 1.54) is 17.7 Å². The average molecular weight is 384 g/mol. The number of nitrogens with zero attached hydrogens (tertiary/aromatic N) is 2. The van der Waals surface area contributed by atoms with Gasteiger partial charge in [-0.15, -0.1) is 11.3 Å². The van der Waals surface area contributed by atoms with Crippen molar-refractivity contribution in [2.24, 2.45) is 0 Å². The molecule has 0 saturated carbocycles. The number of benzene rings is 2. The zero-order valence-corrected chi connectivity index (χ0v) is 15.7. The summed E-state index contributed by atoms with van der Waals surface area (Å²) in [7, 11) is 0. The predicted octanol–water partition coefficient (Wildman–Crippen LogP) is 6.51. The molecule has 2 heterocycles. The van der Waals surface area contributed by atoms with Gasteiger partial charge in [0.25, 0.3) is 0 Å². The van der Waals surface area contributed by atoms with Crippen molar-refractivity contribution in [2.45, 2.75) is 13.8 Å². The van der Waals surface area contributed by atoms with E-state index in [4.69, 9.17) is 11.6 Å². The van der Waals surface area contributed by atoms with Gasteiger partial charge in [0.15, 0.2) is 0 Å². The molecule has 0 saturated heterocycles. The number of hydrogen-bond acceptors (Lipinski definition) is 4. The van der Waals surface area contributed by atoms with Crippen molar-refractivity contribution in [1.29, 1.82) is 0 Å². The van der Waals surface area contributed by atoms with Gasteiger partial charge in [0.1, 0.15) is 16.5 Å². The van der Waals surface area contributed by atoms with Crippen molar-refractivity contribution in [3.63, 3.8) is 0 Å². The molecule has 0 aliphatic rings. The fourth-order valence-electron chi connectivity index (χ4n) is 2.91. The largest absolute Gasteiger partial charge is 0.340 e. The second kappa shape index (κ2) is 6.67. The van der Waals surface area contributed by atoms with Crippen molar-refractivity contribution in [3.05, 3.63) is 70.1 Å². The first-order valence-electron chi connectivity index (χ1n) is 8.07. The van der Waals surface area contributed by atoms with Crippen LogP contribution in [0.1, 0.15) is 10.4 Å². The van der Waals surface area contributed by atoms with E-state index in [1.54, 1.807) is 23.5 Å².